The lowest BCUT2D eigenvalue weighted by Crippen LogP contribution is -2.00. The molecule has 0 fully saturated rings. The molecule has 0 saturated heterocycles. The van der Waals surface area contributed by atoms with Crippen molar-refractivity contribution in [3.05, 3.63) is 36.4 Å². The molecule has 2 heterocycles. The van der Waals surface area contributed by atoms with Gasteiger partial charge in [0.15, 0.2) is 0 Å². The molecule has 0 aliphatic rings. The van der Waals surface area contributed by atoms with Crippen LogP contribution < -0.4 is 5.32 Å². The minimum Gasteiger partial charge on any atom is -0.369 e. The van der Waals surface area contributed by atoms with Gasteiger partial charge in [0.25, 0.3) is 0 Å². The Labute approximate surface area is 92.6 Å². The number of aromatic nitrogens is 3. The van der Waals surface area contributed by atoms with Gasteiger partial charge in [-0.15, -0.1) is 10.2 Å². The number of rotatable bonds is 3. The van der Waals surface area contributed by atoms with E-state index in [1.165, 1.54) is 6.07 Å². The summed E-state index contributed by atoms with van der Waals surface area (Å²) in [6.07, 6.45) is 2.71. The number of hydrogen-bond donors (Lipinski definition) is 1. The van der Waals surface area contributed by atoms with Crippen molar-refractivity contribution in [2.24, 2.45) is 0 Å². The van der Waals surface area contributed by atoms with Gasteiger partial charge in [0.05, 0.1) is 11.9 Å². The number of nitrogens with one attached hydrogen (secondary N) is 1. The molecule has 82 valence electrons. The summed E-state index contributed by atoms with van der Waals surface area (Å²) in [5.41, 5.74) is 1.23. The van der Waals surface area contributed by atoms with Crippen molar-refractivity contribution in [3.8, 4) is 11.3 Å². The topological polar surface area (TPSA) is 50.7 Å². The van der Waals surface area contributed by atoms with E-state index < -0.39 is 0 Å². The minimum atomic E-state index is -0.380. The van der Waals surface area contributed by atoms with Crippen molar-refractivity contribution in [1.29, 1.82) is 0 Å². The molecule has 0 aliphatic heterocycles. The molecule has 0 saturated carbocycles. The third kappa shape index (κ3) is 2.31. The SMILES string of the molecule is CCNc1ccc(-c2cncc(F)c2)nn1. The number of hydrogen-bond acceptors (Lipinski definition) is 4. The fraction of sp³-hybridized carbons (Fsp3) is 0.182. The van der Waals surface area contributed by atoms with Crippen LogP contribution in [0.3, 0.4) is 0 Å². The summed E-state index contributed by atoms with van der Waals surface area (Å²) in [5.74, 6) is 0.325. The highest BCUT2D eigenvalue weighted by Crippen LogP contribution is 2.16. The first kappa shape index (κ1) is 10.5. The van der Waals surface area contributed by atoms with Gasteiger partial charge in [0.1, 0.15) is 11.6 Å². The fourth-order valence-corrected chi connectivity index (χ4v) is 1.31. The number of anilines is 1. The maximum Gasteiger partial charge on any atom is 0.148 e. The Bertz CT molecular complexity index is 470. The minimum absolute atomic E-state index is 0.380. The third-order valence-electron chi connectivity index (χ3n) is 2.02. The number of pyridine rings is 1. The molecule has 16 heavy (non-hydrogen) atoms. The Morgan fingerprint density at radius 3 is 2.75 bits per heavy atom. The molecule has 0 unspecified atom stereocenters. The van der Waals surface area contributed by atoms with E-state index in [1.807, 2.05) is 6.92 Å². The molecule has 2 aromatic heterocycles. The summed E-state index contributed by atoms with van der Waals surface area (Å²) >= 11 is 0. The smallest absolute Gasteiger partial charge is 0.148 e. The van der Waals surface area contributed by atoms with Gasteiger partial charge in [-0.25, -0.2) is 4.39 Å². The summed E-state index contributed by atoms with van der Waals surface area (Å²) in [4.78, 5) is 3.76. The van der Waals surface area contributed by atoms with Crippen LogP contribution in [-0.2, 0) is 0 Å². The molecule has 0 atom stereocenters. The Morgan fingerprint density at radius 2 is 2.12 bits per heavy atom. The lowest BCUT2D eigenvalue weighted by Gasteiger charge is -2.02. The monoisotopic (exact) mass is 218 g/mol. The summed E-state index contributed by atoms with van der Waals surface area (Å²) in [6.45, 7) is 2.77. The quantitative estimate of drug-likeness (QED) is 0.857. The van der Waals surface area contributed by atoms with Gasteiger partial charge >= 0.3 is 0 Å². The second-order valence-corrected chi connectivity index (χ2v) is 3.23. The Balaban J connectivity index is 2.27. The van der Waals surface area contributed by atoms with Crippen molar-refractivity contribution in [3.63, 3.8) is 0 Å². The van der Waals surface area contributed by atoms with Gasteiger partial charge in [-0.3, -0.25) is 4.98 Å². The van der Waals surface area contributed by atoms with Crippen molar-refractivity contribution < 1.29 is 4.39 Å². The second-order valence-electron chi connectivity index (χ2n) is 3.23. The van der Waals surface area contributed by atoms with E-state index in [0.717, 1.165) is 12.7 Å². The molecule has 5 heteroatoms. The fourth-order valence-electron chi connectivity index (χ4n) is 1.31. The molecule has 2 rings (SSSR count). The van der Waals surface area contributed by atoms with E-state index in [0.29, 0.717) is 17.1 Å². The van der Waals surface area contributed by atoms with Crippen LogP contribution in [0.4, 0.5) is 10.2 Å². The van der Waals surface area contributed by atoms with Gasteiger partial charge in [0, 0.05) is 18.3 Å². The highest BCUT2D eigenvalue weighted by molar-refractivity contribution is 5.58. The predicted octanol–water partition coefficient (Wildman–Crippen LogP) is 2.11. The highest BCUT2D eigenvalue weighted by Gasteiger charge is 2.02. The Hall–Kier alpha value is -2.04. The number of nitrogens with zero attached hydrogens (tertiary/aromatic N) is 3. The van der Waals surface area contributed by atoms with Gasteiger partial charge in [-0.05, 0) is 25.1 Å². The van der Waals surface area contributed by atoms with Crippen molar-refractivity contribution in [2.45, 2.75) is 6.92 Å². The Morgan fingerprint density at radius 1 is 1.25 bits per heavy atom. The molecule has 0 amide bonds. The zero-order valence-electron chi connectivity index (χ0n) is 8.81. The molecule has 2 aromatic rings. The molecule has 0 bridgehead atoms. The van der Waals surface area contributed by atoms with Crippen LogP contribution >= 0.6 is 0 Å². The standard InChI is InChI=1S/C11H11FN4/c1-2-14-11-4-3-10(15-16-11)8-5-9(12)7-13-6-8/h3-7H,2H2,1H3,(H,14,16). The predicted molar refractivity (Wildman–Crippen MR) is 59.4 cm³/mol. The van der Waals surface area contributed by atoms with Crippen molar-refractivity contribution >= 4 is 5.82 Å². The van der Waals surface area contributed by atoms with Gasteiger partial charge in [0.2, 0.25) is 0 Å². The first-order valence-corrected chi connectivity index (χ1v) is 4.98. The normalized spacial score (nSPS) is 10.1. The average molecular weight is 218 g/mol. The van der Waals surface area contributed by atoms with Crippen LogP contribution in [0.15, 0.2) is 30.6 Å². The molecule has 1 N–H and O–H groups in total. The average Bonchev–Trinajstić information content (AvgIpc) is 2.30. The van der Waals surface area contributed by atoms with Gasteiger partial charge < -0.3 is 5.32 Å². The zero-order valence-corrected chi connectivity index (χ0v) is 8.81. The first-order chi connectivity index (χ1) is 7.79. The first-order valence-electron chi connectivity index (χ1n) is 4.98. The maximum absolute atomic E-state index is 12.9. The van der Waals surface area contributed by atoms with E-state index in [4.69, 9.17) is 0 Å². The lowest BCUT2D eigenvalue weighted by molar-refractivity contribution is 0.622. The molecule has 0 spiro atoms. The zero-order chi connectivity index (χ0) is 11.4. The van der Waals surface area contributed by atoms with Crippen LogP contribution in [0.2, 0.25) is 0 Å². The van der Waals surface area contributed by atoms with E-state index in [2.05, 4.69) is 20.5 Å². The number of halogens is 1. The van der Waals surface area contributed by atoms with Gasteiger partial charge in [-0.1, -0.05) is 0 Å². The van der Waals surface area contributed by atoms with E-state index in [9.17, 15) is 4.39 Å². The maximum atomic E-state index is 12.9. The second kappa shape index (κ2) is 4.65. The lowest BCUT2D eigenvalue weighted by atomic mass is 10.2. The van der Waals surface area contributed by atoms with E-state index in [-0.39, 0.29) is 5.82 Å². The van der Waals surface area contributed by atoms with Crippen molar-refractivity contribution in [2.75, 3.05) is 11.9 Å². The molecular weight excluding hydrogens is 207 g/mol. The molecule has 0 aromatic carbocycles. The van der Waals surface area contributed by atoms with E-state index in [1.54, 1.807) is 18.3 Å². The molecular formula is C11H11FN4. The van der Waals surface area contributed by atoms with Crippen LogP contribution in [0.1, 0.15) is 6.92 Å². The summed E-state index contributed by atoms with van der Waals surface area (Å²) in [6, 6.07) is 4.96. The van der Waals surface area contributed by atoms with Gasteiger partial charge in [-0.2, -0.15) is 0 Å². The summed E-state index contributed by atoms with van der Waals surface area (Å²) in [5, 5.41) is 11.0. The van der Waals surface area contributed by atoms with Crippen LogP contribution in [0, 0.1) is 5.82 Å². The van der Waals surface area contributed by atoms with E-state index >= 15 is 0 Å². The van der Waals surface area contributed by atoms with Crippen LogP contribution in [-0.4, -0.2) is 21.7 Å². The van der Waals surface area contributed by atoms with Crippen LogP contribution in [0.5, 0.6) is 0 Å². The largest absolute Gasteiger partial charge is 0.369 e. The molecule has 0 aliphatic carbocycles. The van der Waals surface area contributed by atoms with Crippen molar-refractivity contribution in [1.82, 2.24) is 15.2 Å². The highest BCUT2D eigenvalue weighted by atomic mass is 19.1. The Kier molecular flexibility index (Phi) is 3.05. The molecule has 0 radical (unpaired) electrons. The third-order valence-corrected chi connectivity index (χ3v) is 2.02. The van der Waals surface area contributed by atoms with Crippen LogP contribution in [0.25, 0.3) is 11.3 Å². The summed E-state index contributed by atoms with van der Waals surface area (Å²) < 4.78 is 12.9. The summed E-state index contributed by atoms with van der Waals surface area (Å²) in [7, 11) is 0. The molecule has 4 nitrogen and oxygen atoms in total.